The number of amides is 1. The molecule has 1 aromatic rings. The van der Waals surface area contributed by atoms with Crippen molar-refractivity contribution < 1.29 is 22.7 Å². The number of rotatable bonds is 3. The number of alkyl halides is 3. The van der Waals surface area contributed by atoms with Gasteiger partial charge in [0, 0.05) is 24.0 Å². The van der Waals surface area contributed by atoms with Crippen LogP contribution in [0.5, 0.6) is 0 Å². The fraction of sp³-hybridized carbons (Fsp3) is 0.684. The molecule has 1 atom stereocenters. The van der Waals surface area contributed by atoms with E-state index in [0.717, 1.165) is 31.4 Å². The minimum absolute atomic E-state index is 0.0322. The number of hydrogen-bond acceptors (Lipinski definition) is 3. The van der Waals surface area contributed by atoms with E-state index in [1.807, 2.05) is 20.8 Å². The van der Waals surface area contributed by atoms with E-state index in [2.05, 4.69) is 4.98 Å². The molecule has 0 bridgehead atoms. The molecular formula is C19H27F3N2O2. The molecule has 146 valence electrons. The molecule has 1 aromatic heterocycles. The van der Waals surface area contributed by atoms with Gasteiger partial charge < -0.3 is 9.64 Å². The Morgan fingerprint density at radius 3 is 2.58 bits per heavy atom. The third-order valence-corrected chi connectivity index (χ3v) is 4.32. The lowest BCUT2D eigenvalue weighted by molar-refractivity contribution is -0.137. The van der Waals surface area contributed by atoms with Gasteiger partial charge in [0.2, 0.25) is 0 Å². The van der Waals surface area contributed by atoms with Crippen molar-refractivity contribution in [1.82, 2.24) is 9.88 Å². The Labute approximate surface area is 152 Å². The van der Waals surface area contributed by atoms with Gasteiger partial charge in [0.1, 0.15) is 5.60 Å². The lowest BCUT2D eigenvalue weighted by Crippen LogP contribution is -2.46. The summed E-state index contributed by atoms with van der Waals surface area (Å²) in [5.74, 6) is 0. The van der Waals surface area contributed by atoms with Gasteiger partial charge in [-0.3, -0.25) is 4.98 Å². The zero-order valence-corrected chi connectivity index (χ0v) is 15.8. The van der Waals surface area contributed by atoms with Gasteiger partial charge in [-0.1, -0.05) is 0 Å². The van der Waals surface area contributed by atoms with E-state index in [1.54, 1.807) is 11.8 Å². The standard InChI is InChI=1S/C19H27F3N2O2/c1-13-11-14(19(20,21)22)12-15(23-13)8-9-16-7-5-6-10-24(16)17(25)26-18(2,3)4/h11-12,16H,5-10H2,1-4H3/t16-/m0/s1. The van der Waals surface area contributed by atoms with Gasteiger partial charge in [-0.15, -0.1) is 0 Å². The van der Waals surface area contributed by atoms with Crippen molar-refractivity contribution in [2.45, 2.75) is 77.6 Å². The zero-order valence-electron chi connectivity index (χ0n) is 15.8. The van der Waals surface area contributed by atoms with Crippen LogP contribution in [0.1, 0.15) is 63.4 Å². The summed E-state index contributed by atoms with van der Waals surface area (Å²) in [4.78, 5) is 18.4. The number of ether oxygens (including phenoxy) is 1. The van der Waals surface area contributed by atoms with Crippen LogP contribution in [-0.2, 0) is 17.3 Å². The third-order valence-electron chi connectivity index (χ3n) is 4.32. The first kappa shape index (κ1) is 20.5. The number of nitrogens with zero attached hydrogens (tertiary/aromatic N) is 2. The summed E-state index contributed by atoms with van der Waals surface area (Å²) in [6.07, 6.45) is -1.01. The van der Waals surface area contributed by atoms with Crippen LogP contribution in [0.4, 0.5) is 18.0 Å². The highest BCUT2D eigenvalue weighted by Crippen LogP contribution is 2.30. The predicted molar refractivity (Wildman–Crippen MR) is 92.9 cm³/mol. The quantitative estimate of drug-likeness (QED) is 0.739. The molecule has 1 aliphatic rings. The summed E-state index contributed by atoms with van der Waals surface area (Å²) < 4.78 is 44.4. The van der Waals surface area contributed by atoms with Gasteiger partial charge in [0.25, 0.3) is 0 Å². The van der Waals surface area contributed by atoms with E-state index < -0.39 is 17.3 Å². The molecule has 0 radical (unpaired) electrons. The minimum atomic E-state index is -4.38. The molecule has 0 unspecified atom stereocenters. The maximum atomic E-state index is 13.0. The van der Waals surface area contributed by atoms with Crippen LogP contribution >= 0.6 is 0 Å². The zero-order chi connectivity index (χ0) is 19.5. The topological polar surface area (TPSA) is 42.4 Å². The number of carbonyl (C=O) groups is 1. The second-order valence-electron chi connectivity index (χ2n) is 7.85. The number of hydrogen-bond donors (Lipinski definition) is 0. The monoisotopic (exact) mass is 372 g/mol. The first-order chi connectivity index (χ1) is 12.0. The Hall–Kier alpha value is -1.79. The Morgan fingerprint density at radius 1 is 1.27 bits per heavy atom. The molecule has 1 aliphatic heterocycles. The first-order valence-electron chi connectivity index (χ1n) is 9.00. The van der Waals surface area contributed by atoms with Gasteiger partial charge in [-0.05, 0) is 71.9 Å². The van der Waals surface area contributed by atoms with Crippen LogP contribution in [-0.4, -0.2) is 34.2 Å². The summed E-state index contributed by atoms with van der Waals surface area (Å²) in [6, 6.07) is 2.13. The van der Waals surface area contributed by atoms with E-state index >= 15 is 0 Å². The normalized spacial score (nSPS) is 18.7. The van der Waals surface area contributed by atoms with E-state index in [4.69, 9.17) is 4.74 Å². The fourth-order valence-corrected chi connectivity index (χ4v) is 3.21. The third kappa shape index (κ3) is 5.88. The van der Waals surface area contributed by atoms with Crippen LogP contribution in [0.15, 0.2) is 12.1 Å². The molecule has 0 aliphatic carbocycles. The number of likely N-dealkylation sites (tertiary alicyclic amines) is 1. The second kappa shape index (κ2) is 7.84. The van der Waals surface area contributed by atoms with Crippen molar-refractivity contribution >= 4 is 6.09 Å². The Kier molecular flexibility index (Phi) is 6.19. The average molecular weight is 372 g/mol. The molecule has 4 nitrogen and oxygen atoms in total. The molecule has 0 saturated carbocycles. The fourth-order valence-electron chi connectivity index (χ4n) is 3.21. The number of pyridine rings is 1. The van der Waals surface area contributed by atoms with E-state index in [9.17, 15) is 18.0 Å². The number of piperidine rings is 1. The number of aromatic nitrogens is 1. The van der Waals surface area contributed by atoms with Gasteiger partial charge in [0.15, 0.2) is 0 Å². The molecule has 2 heterocycles. The van der Waals surface area contributed by atoms with Crippen molar-refractivity contribution in [3.05, 3.63) is 29.1 Å². The van der Waals surface area contributed by atoms with E-state index in [-0.39, 0.29) is 12.1 Å². The van der Waals surface area contributed by atoms with Crippen molar-refractivity contribution in [1.29, 1.82) is 0 Å². The van der Waals surface area contributed by atoms with Gasteiger partial charge in [0.05, 0.1) is 5.56 Å². The van der Waals surface area contributed by atoms with Crippen molar-refractivity contribution in [3.63, 3.8) is 0 Å². The molecule has 0 spiro atoms. The Balaban J connectivity index is 2.07. The van der Waals surface area contributed by atoms with Gasteiger partial charge >= 0.3 is 12.3 Å². The summed E-state index contributed by atoms with van der Waals surface area (Å²) in [5.41, 5.74) is -0.485. The lowest BCUT2D eigenvalue weighted by atomic mass is 9.97. The number of carbonyl (C=O) groups excluding carboxylic acids is 1. The molecule has 26 heavy (non-hydrogen) atoms. The van der Waals surface area contributed by atoms with Gasteiger partial charge in [-0.25, -0.2) is 4.79 Å². The Morgan fingerprint density at radius 2 is 1.96 bits per heavy atom. The number of aryl methyl sites for hydroxylation is 2. The average Bonchev–Trinajstić information content (AvgIpc) is 2.50. The molecule has 7 heteroatoms. The molecule has 0 N–H and O–H groups in total. The molecular weight excluding hydrogens is 345 g/mol. The maximum absolute atomic E-state index is 13.0. The van der Waals surface area contributed by atoms with Crippen LogP contribution in [0.3, 0.4) is 0 Å². The Bertz CT molecular complexity index is 639. The summed E-state index contributed by atoms with van der Waals surface area (Å²) >= 11 is 0. The van der Waals surface area contributed by atoms with Crippen molar-refractivity contribution in [3.8, 4) is 0 Å². The van der Waals surface area contributed by atoms with Gasteiger partial charge in [-0.2, -0.15) is 13.2 Å². The molecule has 2 rings (SSSR count). The van der Waals surface area contributed by atoms with E-state index in [1.165, 1.54) is 0 Å². The number of halogens is 3. The first-order valence-corrected chi connectivity index (χ1v) is 9.00. The molecule has 1 amide bonds. The largest absolute Gasteiger partial charge is 0.444 e. The summed E-state index contributed by atoms with van der Waals surface area (Å²) in [5, 5.41) is 0. The van der Waals surface area contributed by atoms with Crippen LogP contribution < -0.4 is 0 Å². The highest BCUT2D eigenvalue weighted by Gasteiger charge is 2.32. The molecule has 1 saturated heterocycles. The van der Waals surface area contributed by atoms with E-state index in [0.29, 0.717) is 30.8 Å². The van der Waals surface area contributed by atoms with Crippen LogP contribution in [0, 0.1) is 6.92 Å². The maximum Gasteiger partial charge on any atom is 0.416 e. The summed E-state index contributed by atoms with van der Waals surface area (Å²) in [7, 11) is 0. The smallest absolute Gasteiger partial charge is 0.416 e. The highest BCUT2D eigenvalue weighted by molar-refractivity contribution is 5.68. The van der Waals surface area contributed by atoms with Crippen molar-refractivity contribution in [2.24, 2.45) is 0 Å². The van der Waals surface area contributed by atoms with Crippen LogP contribution in [0.2, 0.25) is 0 Å². The minimum Gasteiger partial charge on any atom is -0.444 e. The van der Waals surface area contributed by atoms with Crippen molar-refractivity contribution in [2.75, 3.05) is 6.54 Å². The highest BCUT2D eigenvalue weighted by atomic mass is 19.4. The predicted octanol–water partition coefficient (Wildman–Crippen LogP) is 5.13. The summed E-state index contributed by atoms with van der Waals surface area (Å²) in [6.45, 7) is 7.64. The molecule has 1 fully saturated rings. The SMILES string of the molecule is Cc1cc(C(F)(F)F)cc(CC[C@@H]2CCCCN2C(=O)OC(C)(C)C)n1. The molecule has 0 aromatic carbocycles. The van der Waals surface area contributed by atoms with Crippen LogP contribution in [0.25, 0.3) is 0 Å². The second-order valence-corrected chi connectivity index (χ2v) is 7.85. The lowest BCUT2D eigenvalue weighted by Gasteiger charge is -2.36.